The van der Waals surface area contributed by atoms with Crippen molar-refractivity contribution in [3.05, 3.63) is 60.2 Å². The summed E-state index contributed by atoms with van der Waals surface area (Å²) in [6, 6.07) is 14.5. The zero-order valence-electron chi connectivity index (χ0n) is 10.5. The van der Waals surface area contributed by atoms with Gasteiger partial charge in [-0.2, -0.15) is 8.78 Å². The Kier molecular flexibility index (Phi) is 4.65. The number of alkyl halides is 2. The Bertz CT molecular complexity index is 570. The number of Topliss-reactive ketones (excluding diaryl/α,β-unsaturated/α-hetero) is 1. The lowest BCUT2D eigenvalue weighted by molar-refractivity contribution is -0.0498. The van der Waals surface area contributed by atoms with Crippen LogP contribution in [0.15, 0.2) is 54.6 Å². The fraction of sp³-hybridized carbons (Fsp3) is 0.133. The summed E-state index contributed by atoms with van der Waals surface area (Å²) in [5.41, 5.74) is 0.263. The van der Waals surface area contributed by atoms with Gasteiger partial charge in [-0.25, -0.2) is 0 Å². The van der Waals surface area contributed by atoms with Crippen LogP contribution in [0.25, 0.3) is 0 Å². The van der Waals surface area contributed by atoms with Crippen molar-refractivity contribution in [3.63, 3.8) is 0 Å². The molecule has 0 atom stereocenters. The van der Waals surface area contributed by atoms with Crippen molar-refractivity contribution in [1.29, 1.82) is 0 Å². The van der Waals surface area contributed by atoms with Gasteiger partial charge in [0, 0.05) is 5.56 Å². The first-order valence-electron chi connectivity index (χ1n) is 5.91. The van der Waals surface area contributed by atoms with E-state index >= 15 is 0 Å². The molecule has 0 aliphatic carbocycles. The van der Waals surface area contributed by atoms with Crippen LogP contribution in [0.1, 0.15) is 10.4 Å². The second-order valence-corrected chi connectivity index (χ2v) is 3.93. The molecule has 0 saturated carbocycles. The highest BCUT2D eigenvalue weighted by Crippen LogP contribution is 2.17. The molecule has 0 bridgehead atoms. The summed E-state index contributed by atoms with van der Waals surface area (Å²) in [6.07, 6.45) is 0. The minimum Gasteiger partial charge on any atom is -0.485 e. The second-order valence-electron chi connectivity index (χ2n) is 3.93. The van der Waals surface area contributed by atoms with Gasteiger partial charge in [-0.05, 0) is 24.3 Å². The predicted octanol–water partition coefficient (Wildman–Crippen LogP) is 3.55. The van der Waals surface area contributed by atoms with E-state index in [0.29, 0.717) is 5.75 Å². The molecule has 0 unspecified atom stereocenters. The number of hydrogen-bond acceptors (Lipinski definition) is 3. The maximum atomic E-state index is 12.1. The van der Waals surface area contributed by atoms with Gasteiger partial charge in [-0.3, -0.25) is 4.79 Å². The van der Waals surface area contributed by atoms with Gasteiger partial charge in [-0.1, -0.05) is 30.3 Å². The Labute approximate surface area is 114 Å². The SMILES string of the molecule is O=C(COc1ccccc1)c1cccc(OC(F)F)c1. The highest BCUT2D eigenvalue weighted by molar-refractivity contribution is 5.97. The average Bonchev–Trinajstić information content (AvgIpc) is 2.45. The van der Waals surface area contributed by atoms with E-state index in [4.69, 9.17) is 4.74 Å². The Morgan fingerprint density at radius 2 is 1.70 bits per heavy atom. The molecule has 3 nitrogen and oxygen atoms in total. The summed E-state index contributed by atoms with van der Waals surface area (Å²) < 4.78 is 33.7. The number of hydrogen-bond donors (Lipinski definition) is 0. The molecular weight excluding hydrogens is 266 g/mol. The summed E-state index contributed by atoms with van der Waals surface area (Å²) in [5, 5.41) is 0. The van der Waals surface area contributed by atoms with Gasteiger partial charge in [0.2, 0.25) is 0 Å². The lowest BCUT2D eigenvalue weighted by Gasteiger charge is -2.07. The van der Waals surface area contributed by atoms with Crippen LogP contribution in [-0.4, -0.2) is 19.0 Å². The normalized spacial score (nSPS) is 10.3. The van der Waals surface area contributed by atoms with Crippen molar-refractivity contribution in [1.82, 2.24) is 0 Å². The summed E-state index contributed by atoms with van der Waals surface area (Å²) in [6.45, 7) is -3.08. The molecule has 0 saturated heterocycles. The van der Waals surface area contributed by atoms with Crippen LogP contribution in [0.3, 0.4) is 0 Å². The minimum atomic E-state index is -2.92. The molecular formula is C15H12F2O3. The first kappa shape index (κ1) is 14.0. The molecule has 0 amide bonds. The van der Waals surface area contributed by atoms with Crippen LogP contribution in [0.4, 0.5) is 8.78 Å². The fourth-order valence-electron chi connectivity index (χ4n) is 1.59. The number of rotatable bonds is 6. The third-order valence-corrected chi connectivity index (χ3v) is 2.49. The number of benzene rings is 2. The summed E-state index contributed by atoms with van der Waals surface area (Å²) in [4.78, 5) is 11.9. The third-order valence-electron chi connectivity index (χ3n) is 2.49. The highest BCUT2D eigenvalue weighted by Gasteiger charge is 2.10. The lowest BCUT2D eigenvalue weighted by atomic mass is 10.1. The molecule has 0 aliphatic rings. The van der Waals surface area contributed by atoms with Crippen molar-refractivity contribution in [2.24, 2.45) is 0 Å². The van der Waals surface area contributed by atoms with Gasteiger partial charge in [0.25, 0.3) is 0 Å². The smallest absolute Gasteiger partial charge is 0.387 e. The summed E-state index contributed by atoms with van der Waals surface area (Å²) in [5.74, 6) is 0.208. The number of ketones is 1. The number of carbonyl (C=O) groups is 1. The van der Waals surface area contributed by atoms with E-state index in [9.17, 15) is 13.6 Å². The molecule has 2 rings (SSSR count). The summed E-state index contributed by atoms with van der Waals surface area (Å²) in [7, 11) is 0. The van der Waals surface area contributed by atoms with Gasteiger partial charge in [0.1, 0.15) is 11.5 Å². The maximum absolute atomic E-state index is 12.1. The number of halogens is 2. The predicted molar refractivity (Wildman–Crippen MR) is 69.3 cm³/mol. The van der Waals surface area contributed by atoms with Crippen molar-refractivity contribution in [3.8, 4) is 11.5 Å². The molecule has 104 valence electrons. The van der Waals surface area contributed by atoms with Gasteiger partial charge in [-0.15, -0.1) is 0 Å². The number of para-hydroxylation sites is 1. The molecule has 2 aromatic rings. The van der Waals surface area contributed by atoms with E-state index in [1.165, 1.54) is 24.3 Å². The third kappa shape index (κ3) is 4.05. The molecule has 0 spiro atoms. The zero-order chi connectivity index (χ0) is 14.4. The van der Waals surface area contributed by atoms with Crippen LogP contribution in [0, 0.1) is 0 Å². The fourth-order valence-corrected chi connectivity index (χ4v) is 1.59. The van der Waals surface area contributed by atoms with Crippen molar-refractivity contribution < 1.29 is 23.0 Å². The van der Waals surface area contributed by atoms with Crippen LogP contribution >= 0.6 is 0 Å². The Hall–Kier alpha value is -2.43. The number of carbonyl (C=O) groups excluding carboxylic acids is 1. The van der Waals surface area contributed by atoms with Gasteiger partial charge in [0.05, 0.1) is 0 Å². The Balaban J connectivity index is 1.98. The Morgan fingerprint density at radius 1 is 1.00 bits per heavy atom. The lowest BCUT2D eigenvalue weighted by Crippen LogP contribution is -2.12. The zero-order valence-corrected chi connectivity index (χ0v) is 10.5. The van der Waals surface area contributed by atoms with Crippen molar-refractivity contribution in [2.75, 3.05) is 6.61 Å². The second kappa shape index (κ2) is 6.65. The van der Waals surface area contributed by atoms with E-state index in [1.54, 1.807) is 24.3 Å². The van der Waals surface area contributed by atoms with E-state index in [2.05, 4.69) is 4.74 Å². The van der Waals surface area contributed by atoms with Gasteiger partial charge >= 0.3 is 6.61 Å². The average molecular weight is 278 g/mol. The molecule has 0 aliphatic heterocycles. The van der Waals surface area contributed by atoms with Crippen LogP contribution in [0.2, 0.25) is 0 Å². The van der Waals surface area contributed by atoms with Gasteiger partial charge < -0.3 is 9.47 Å². The van der Waals surface area contributed by atoms with Crippen molar-refractivity contribution in [2.45, 2.75) is 6.61 Å². The largest absolute Gasteiger partial charge is 0.485 e. The van der Waals surface area contributed by atoms with E-state index in [0.717, 1.165) is 0 Å². The monoisotopic (exact) mass is 278 g/mol. The van der Waals surface area contributed by atoms with E-state index < -0.39 is 6.61 Å². The quantitative estimate of drug-likeness (QED) is 0.758. The molecule has 0 fully saturated rings. The molecule has 0 N–H and O–H groups in total. The van der Waals surface area contributed by atoms with E-state index in [1.807, 2.05) is 6.07 Å². The first-order chi connectivity index (χ1) is 9.65. The first-order valence-corrected chi connectivity index (χ1v) is 5.91. The highest BCUT2D eigenvalue weighted by atomic mass is 19.3. The van der Waals surface area contributed by atoms with Crippen LogP contribution in [-0.2, 0) is 0 Å². The number of ether oxygens (including phenoxy) is 2. The molecule has 20 heavy (non-hydrogen) atoms. The molecule has 0 radical (unpaired) electrons. The van der Waals surface area contributed by atoms with Crippen LogP contribution in [0.5, 0.6) is 11.5 Å². The van der Waals surface area contributed by atoms with Crippen LogP contribution < -0.4 is 9.47 Å². The molecule has 5 heteroatoms. The Morgan fingerprint density at radius 3 is 2.40 bits per heavy atom. The minimum absolute atomic E-state index is 0.0504. The van der Waals surface area contributed by atoms with E-state index in [-0.39, 0.29) is 23.7 Å². The molecule has 2 aromatic carbocycles. The molecule has 0 aromatic heterocycles. The standard InChI is InChI=1S/C15H12F2O3/c16-15(17)20-13-8-4-5-11(9-13)14(18)10-19-12-6-2-1-3-7-12/h1-9,15H,10H2. The molecule has 0 heterocycles. The summed E-state index contributed by atoms with van der Waals surface area (Å²) >= 11 is 0. The van der Waals surface area contributed by atoms with Crippen molar-refractivity contribution >= 4 is 5.78 Å². The maximum Gasteiger partial charge on any atom is 0.387 e. The topological polar surface area (TPSA) is 35.5 Å². The van der Waals surface area contributed by atoms with Gasteiger partial charge in [0.15, 0.2) is 12.4 Å².